The van der Waals surface area contributed by atoms with Gasteiger partial charge in [-0.05, 0) is 37.6 Å². The topological polar surface area (TPSA) is 42.1 Å². The molecule has 2 rings (SSSR count). The van der Waals surface area contributed by atoms with Crippen molar-refractivity contribution in [2.45, 2.75) is 26.4 Å². The Balaban J connectivity index is 2.29. The van der Waals surface area contributed by atoms with Gasteiger partial charge in [0.05, 0.1) is 10.7 Å². The van der Waals surface area contributed by atoms with Crippen molar-refractivity contribution < 1.29 is 0 Å². The minimum absolute atomic E-state index is 0.335. The van der Waals surface area contributed by atoms with Crippen molar-refractivity contribution in [1.82, 2.24) is 4.98 Å². The molecule has 2 N–H and O–H groups in total. The number of aromatic nitrogens is 1. The van der Waals surface area contributed by atoms with Gasteiger partial charge in [0.1, 0.15) is 0 Å². The summed E-state index contributed by atoms with van der Waals surface area (Å²) in [5, 5.41) is 0.667. The molecule has 2 aromatic rings. The molecule has 0 aliphatic carbocycles. The summed E-state index contributed by atoms with van der Waals surface area (Å²) in [4.78, 5) is 6.26. The Labute approximate surface area is 119 Å². The fraction of sp³-hybridized carbons (Fsp3) is 0.267. The molecule has 0 aliphatic rings. The molecule has 3 nitrogen and oxygen atoms in total. The van der Waals surface area contributed by atoms with Gasteiger partial charge in [-0.1, -0.05) is 23.7 Å². The summed E-state index contributed by atoms with van der Waals surface area (Å²) in [7, 11) is 0. The van der Waals surface area contributed by atoms with E-state index in [0.29, 0.717) is 11.1 Å². The summed E-state index contributed by atoms with van der Waals surface area (Å²) >= 11 is 6.23. The maximum absolute atomic E-state index is 6.23. The van der Waals surface area contributed by atoms with Crippen molar-refractivity contribution in [3.05, 3.63) is 53.3 Å². The summed E-state index contributed by atoms with van der Waals surface area (Å²) in [6.07, 6.45) is 3.43. The number of hydrogen-bond donors (Lipinski definition) is 1. The second-order valence-electron chi connectivity index (χ2n) is 4.79. The lowest BCUT2D eigenvalue weighted by Crippen LogP contribution is -2.30. The third kappa shape index (κ3) is 3.38. The van der Waals surface area contributed by atoms with Crippen LogP contribution in [0.4, 0.5) is 11.4 Å². The van der Waals surface area contributed by atoms with Crippen LogP contribution >= 0.6 is 11.6 Å². The highest BCUT2D eigenvalue weighted by molar-refractivity contribution is 6.33. The molecule has 0 atom stereocenters. The minimum Gasteiger partial charge on any atom is -0.399 e. The first kappa shape index (κ1) is 13.7. The van der Waals surface area contributed by atoms with E-state index >= 15 is 0 Å². The average molecular weight is 276 g/mol. The van der Waals surface area contributed by atoms with E-state index in [1.165, 1.54) is 5.56 Å². The number of nitrogens with two attached hydrogens (primary N) is 1. The normalized spacial score (nSPS) is 10.7. The Morgan fingerprint density at radius 1 is 1.32 bits per heavy atom. The van der Waals surface area contributed by atoms with Crippen molar-refractivity contribution in [3.8, 4) is 0 Å². The van der Waals surface area contributed by atoms with Gasteiger partial charge >= 0.3 is 0 Å². The van der Waals surface area contributed by atoms with Gasteiger partial charge in [0.15, 0.2) is 0 Å². The first-order valence-electron chi connectivity index (χ1n) is 6.28. The molecule has 1 aromatic carbocycles. The standard InChI is InChI=1S/C15H18ClN3/c1-11(2)19(15-6-7-18-9-14(15)16)10-12-4-3-5-13(17)8-12/h3-9,11H,10,17H2,1-2H3. The van der Waals surface area contributed by atoms with Gasteiger partial charge < -0.3 is 10.6 Å². The van der Waals surface area contributed by atoms with E-state index in [0.717, 1.165) is 17.9 Å². The van der Waals surface area contributed by atoms with Crippen molar-refractivity contribution in [1.29, 1.82) is 0 Å². The number of benzene rings is 1. The van der Waals surface area contributed by atoms with Crippen molar-refractivity contribution in [2.75, 3.05) is 10.6 Å². The highest BCUT2D eigenvalue weighted by atomic mass is 35.5. The lowest BCUT2D eigenvalue weighted by atomic mass is 10.1. The highest BCUT2D eigenvalue weighted by Gasteiger charge is 2.14. The molecule has 0 saturated carbocycles. The Hall–Kier alpha value is -1.74. The zero-order valence-electron chi connectivity index (χ0n) is 11.2. The van der Waals surface area contributed by atoms with Gasteiger partial charge in [0.2, 0.25) is 0 Å². The lowest BCUT2D eigenvalue weighted by Gasteiger charge is -2.29. The second-order valence-corrected chi connectivity index (χ2v) is 5.20. The van der Waals surface area contributed by atoms with Crippen LogP contribution in [0.5, 0.6) is 0 Å². The molecule has 0 saturated heterocycles. The molecular weight excluding hydrogens is 258 g/mol. The molecule has 0 spiro atoms. The second kappa shape index (κ2) is 5.93. The van der Waals surface area contributed by atoms with Crippen molar-refractivity contribution >= 4 is 23.0 Å². The molecule has 0 amide bonds. The van der Waals surface area contributed by atoms with Crippen LogP contribution in [-0.4, -0.2) is 11.0 Å². The van der Waals surface area contributed by atoms with Crippen molar-refractivity contribution in [3.63, 3.8) is 0 Å². The molecule has 4 heteroatoms. The maximum atomic E-state index is 6.23. The molecular formula is C15H18ClN3. The molecule has 0 aliphatic heterocycles. The van der Waals surface area contributed by atoms with Gasteiger partial charge in [-0.25, -0.2) is 0 Å². The smallest absolute Gasteiger partial charge is 0.0822 e. The molecule has 0 bridgehead atoms. The SMILES string of the molecule is CC(C)N(Cc1cccc(N)c1)c1ccncc1Cl. The fourth-order valence-electron chi connectivity index (χ4n) is 2.03. The summed E-state index contributed by atoms with van der Waals surface area (Å²) in [5.41, 5.74) is 8.77. The van der Waals surface area contributed by atoms with Gasteiger partial charge in [0, 0.05) is 30.7 Å². The number of nitrogen functional groups attached to an aromatic ring is 1. The largest absolute Gasteiger partial charge is 0.399 e. The molecule has 1 aromatic heterocycles. The third-order valence-corrected chi connectivity index (χ3v) is 3.28. The van der Waals surface area contributed by atoms with E-state index in [1.54, 1.807) is 12.4 Å². The van der Waals surface area contributed by atoms with E-state index < -0.39 is 0 Å². The number of hydrogen-bond acceptors (Lipinski definition) is 3. The van der Waals surface area contributed by atoms with Crippen LogP contribution in [0.2, 0.25) is 5.02 Å². The number of pyridine rings is 1. The molecule has 1 heterocycles. The first-order chi connectivity index (χ1) is 9.08. The molecule has 0 radical (unpaired) electrons. The van der Waals surface area contributed by atoms with Crippen LogP contribution in [0, 0.1) is 0 Å². The number of halogens is 1. The van der Waals surface area contributed by atoms with E-state index in [2.05, 4.69) is 29.8 Å². The zero-order valence-corrected chi connectivity index (χ0v) is 11.9. The van der Waals surface area contributed by atoms with E-state index in [4.69, 9.17) is 17.3 Å². The predicted octanol–water partition coefficient (Wildman–Crippen LogP) is 3.73. The Morgan fingerprint density at radius 2 is 2.11 bits per heavy atom. The van der Waals surface area contributed by atoms with Crippen LogP contribution in [-0.2, 0) is 6.54 Å². The van der Waals surface area contributed by atoms with Crippen molar-refractivity contribution in [2.24, 2.45) is 0 Å². The highest BCUT2D eigenvalue weighted by Crippen LogP contribution is 2.27. The molecule has 0 unspecified atom stereocenters. The zero-order chi connectivity index (χ0) is 13.8. The van der Waals surface area contributed by atoms with E-state index in [1.807, 2.05) is 24.3 Å². The summed E-state index contributed by atoms with van der Waals surface area (Å²) in [6, 6.07) is 10.2. The third-order valence-electron chi connectivity index (χ3n) is 2.99. The van der Waals surface area contributed by atoms with Crippen LogP contribution in [0.15, 0.2) is 42.7 Å². The minimum atomic E-state index is 0.335. The fourth-order valence-corrected chi connectivity index (χ4v) is 2.26. The summed E-state index contributed by atoms with van der Waals surface area (Å²) in [6.45, 7) is 5.05. The van der Waals surface area contributed by atoms with Gasteiger partial charge in [-0.3, -0.25) is 4.98 Å². The van der Waals surface area contributed by atoms with Gasteiger partial charge in [0.25, 0.3) is 0 Å². The molecule has 19 heavy (non-hydrogen) atoms. The summed E-state index contributed by atoms with van der Waals surface area (Å²) < 4.78 is 0. The van der Waals surface area contributed by atoms with E-state index in [9.17, 15) is 0 Å². The van der Waals surface area contributed by atoms with Gasteiger partial charge in [-0.15, -0.1) is 0 Å². The average Bonchev–Trinajstić information content (AvgIpc) is 2.37. The monoisotopic (exact) mass is 275 g/mol. The van der Waals surface area contributed by atoms with E-state index in [-0.39, 0.29) is 0 Å². The Kier molecular flexibility index (Phi) is 4.27. The Bertz CT molecular complexity index is 555. The number of nitrogens with zero attached hydrogens (tertiary/aromatic N) is 2. The van der Waals surface area contributed by atoms with Crippen LogP contribution < -0.4 is 10.6 Å². The molecule has 100 valence electrons. The summed E-state index contributed by atoms with van der Waals surface area (Å²) in [5.74, 6) is 0. The maximum Gasteiger partial charge on any atom is 0.0822 e. The van der Waals surface area contributed by atoms with Crippen LogP contribution in [0.1, 0.15) is 19.4 Å². The van der Waals surface area contributed by atoms with Crippen LogP contribution in [0.25, 0.3) is 0 Å². The lowest BCUT2D eigenvalue weighted by molar-refractivity contribution is 0.682. The van der Waals surface area contributed by atoms with Gasteiger partial charge in [-0.2, -0.15) is 0 Å². The predicted molar refractivity (Wildman–Crippen MR) is 81.4 cm³/mol. The Morgan fingerprint density at radius 3 is 2.74 bits per heavy atom. The first-order valence-corrected chi connectivity index (χ1v) is 6.66. The quantitative estimate of drug-likeness (QED) is 0.865. The number of anilines is 2. The van der Waals surface area contributed by atoms with Crippen LogP contribution in [0.3, 0.4) is 0 Å². The molecule has 0 fully saturated rings. The number of rotatable bonds is 4.